The quantitative estimate of drug-likeness (QED) is 0.363. The topological polar surface area (TPSA) is 30.0 Å². The van der Waals surface area contributed by atoms with Crippen LogP contribution in [0.1, 0.15) is 25.7 Å². The fraction of sp³-hybridized carbons (Fsp3) is 0.111. The lowest BCUT2D eigenvalue weighted by molar-refractivity contribution is 0.105. The molecule has 0 unspecified atom stereocenters. The summed E-state index contributed by atoms with van der Waals surface area (Å²) in [7, 11) is 0. The molecule has 110 valence electrons. The smallest absolute Gasteiger partial charge is 0.195 e. The van der Waals surface area contributed by atoms with Gasteiger partial charge in [0.1, 0.15) is 5.15 Å². The number of hydrogen-bond donors (Lipinski definition) is 0. The highest BCUT2D eigenvalue weighted by Gasteiger charge is 2.07. The van der Waals surface area contributed by atoms with Crippen molar-refractivity contribution >= 4 is 45.7 Å². The van der Waals surface area contributed by atoms with Crippen molar-refractivity contribution < 1.29 is 4.79 Å². The molecule has 3 rings (SSSR count). The number of rotatable bonds is 3. The number of halogens is 1. The van der Waals surface area contributed by atoms with Crippen molar-refractivity contribution in [3.05, 3.63) is 68.5 Å². The fourth-order valence-electron chi connectivity index (χ4n) is 2.27. The van der Waals surface area contributed by atoms with Crippen LogP contribution in [0.2, 0.25) is 5.15 Å². The van der Waals surface area contributed by atoms with Gasteiger partial charge in [0.25, 0.3) is 0 Å². The highest BCUT2D eigenvalue weighted by atomic mass is 35.5. The largest absolute Gasteiger partial charge is 0.288 e. The van der Waals surface area contributed by atoms with Gasteiger partial charge in [-0.05, 0) is 49.8 Å². The number of ketones is 1. The number of para-hydroxylation sites is 1. The molecule has 0 aliphatic carbocycles. The Balaban J connectivity index is 1.95. The van der Waals surface area contributed by atoms with Gasteiger partial charge in [0.15, 0.2) is 5.78 Å². The third kappa shape index (κ3) is 2.96. The summed E-state index contributed by atoms with van der Waals surface area (Å²) in [5.74, 6) is -0.0153. The van der Waals surface area contributed by atoms with Crippen LogP contribution in [-0.2, 0) is 0 Å². The molecule has 0 fully saturated rings. The first-order valence-corrected chi connectivity index (χ1v) is 8.09. The molecule has 0 saturated heterocycles. The summed E-state index contributed by atoms with van der Waals surface area (Å²) < 4.78 is 0. The molecular weight excluding hydrogens is 314 g/mol. The first-order chi connectivity index (χ1) is 10.5. The predicted molar refractivity (Wildman–Crippen MR) is 93.9 cm³/mol. The van der Waals surface area contributed by atoms with Crippen LogP contribution >= 0.6 is 22.9 Å². The van der Waals surface area contributed by atoms with Crippen LogP contribution in [0.25, 0.3) is 17.0 Å². The maximum atomic E-state index is 12.1. The normalized spacial score (nSPS) is 11.4. The third-order valence-electron chi connectivity index (χ3n) is 3.43. The second-order valence-corrected chi connectivity index (χ2v) is 6.77. The Labute approximate surface area is 138 Å². The van der Waals surface area contributed by atoms with E-state index in [0.29, 0.717) is 5.15 Å². The Hall–Kier alpha value is -1.97. The highest BCUT2D eigenvalue weighted by molar-refractivity contribution is 7.14. The zero-order chi connectivity index (χ0) is 15.7. The zero-order valence-corrected chi connectivity index (χ0v) is 13.8. The number of fused-ring (bicyclic) bond motifs is 1. The molecule has 2 heterocycles. The first kappa shape index (κ1) is 14.9. The minimum atomic E-state index is -0.0153. The molecule has 0 N–H and O–H groups in total. The number of carbonyl (C=O) groups excluding carboxylic acids is 1. The van der Waals surface area contributed by atoms with E-state index in [1.807, 2.05) is 50.2 Å². The second kappa shape index (κ2) is 6.03. The number of benzene rings is 1. The summed E-state index contributed by atoms with van der Waals surface area (Å²) in [6.07, 6.45) is 3.28. The molecule has 0 atom stereocenters. The number of nitrogens with zero attached hydrogens (tertiary/aromatic N) is 1. The molecule has 0 aliphatic rings. The molecule has 3 aromatic rings. The van der Waals surface area contributed by atoms with Crippen LogP contribution in [0, 0.1) is 13.8 Å². The van der Waals surface area contributed by atoms with Crippen LogP contribution in [0.4, 0.5) is 0 Å². The Morgan fingerprint density at radius 3 is 2.77 bits per heavy atom. The summed E-state index contributed by atoms with van der Waals surface area (Å²) in [6, 6.07) is 11.7. The van der Waals surface area contributed by atoms with Gasteiger partial charge in [0, 0.05) is 15.8 Å². The lowest BCUT2D eigenvalue weighted by Gasteiger charge is -2.04. The number of thiophene rings is 1. The Morgan fingerprint density at radius 2 is 2.05 bits per heavy atom. The van der Waals surface area contributed by atoms with E-state index >= 15 is 0 Å². The third-order valence-corrected chi connectivity index (χ3v) is 4.74. The van der Waals surface area contributed by atoms with E-state index in [-0.39, 0.29) is 5.78 Å². The monoisotopic (exact) mass is 327 g/mol. The second-order valence-electron chi connectivity index (χ2n) is 5.12. The van der Waals surface area contributed by atoms with Crippen molar-refractivity contribution in [1.29, 1.82) is 0 Å². The van der Waals surface area contributed by atoms with Crippen LogP contribution in [0.3, 0.4) is 0 Å². The number of aryl methyl sites for hydroxylation is 2. The molecule has 0 saturated carbocycles. The molecule has 0 bridgehead atoms. The first-order valence-electron chi connectivity index (χ1n) is 6.89. The van der Waals surface area contributed by atoms with Gasteiger partial charge in [0.05, 0.1) is 10.4 Å². The minimum absolute atomic E-state index is 0.0153. The van der Waals surface area contributed by atoms with Gasteiger partial charge in [-0.1, -0.05) is 29.8 Å². The summed E-state index contributed by atoms with van der Waals surface area (Å²) in [5, 5.41) is 1.43. The predicted octanol–water partition coefficient (Wildman–Crippen LogP) is 5.46. The van der Waals surface area contributed by atoms with Crippen LogP contribution in [-0.4, -0.2) is 10.8 Å². The molecule has 22 heavy (non-hydrogen) atoms. The number of hydrogen-bond acceptors (Lipinski definition) is 3. The molecule has 1 aromatic carbocycles. The Morgan fingerprint density at radius 1 is 1.23 bits per heavy atom. The van der Waals surface area contributed by atoms with Gasteiger partial charge in [-0.2, -0.15) is 0 Å². The Bertz CT molecular complexity index is 895. The van der Waals surface area contributed by atoms with Gasteiger partial charge >= 0.3 is 0 Å². The van der Waals surface area contributed by atoms with Crippen LogP contribution < -0.4 is 0 Å². The molecule has 4 heteroatoms. The van der Waals surface area contributed by atoms with Crippen molar-refractivity contribution in [3.8, 4) is 0 Å². The van der Waals surface area contributed by atoms with E-state index < -0.39 is 0 Å². The van der Waals surface area contributed by atoms with Gasteiger partial charge in [-0.15, -0.1) is 11.3 Å². The highest BCUT2D eigenvalue weighted by Crippen LogP contribution is 2.24. The number of pyridine rings is 1. The van der Waals surface area contributed by atoms with Gasteiger partial charge in [-0.3, -0.25) is 4.79 Å². The van der Waals surface area contributed by atoms with E-state index in [1.165, 1.54) is 11.3 Å². The molecule has 2 aromatic heterocycles. The molecule has 0 amide bonds. The molecule has 0 aliphatic heterocycles. The maximum absolute atomic E-state index is 12.1. The summed E-state index contributed by atoms with van der Waals surface area (Å²) in [5.41, 5.74) is 2.73. The molecule has 0 radical (unpaired) electrons. The Kier molecular flexibility index (Phi) is 4.10. The van der Waals surface area contributed by atoms with Crippen LogP contribution in [0.5, 0.6) is 0 Å². The average molecular weight is 328 g/mol. The minimum Gasteiger partial charge on any atom is -0.288 e. The SMILES string of the molecule is Cc1ccc(C(=O)/C=C/c2cc3cccc(C)c3nc2Cl)s1. The zero-order valence-electron chi connectivity index (χ0n) is 12.3. The molecular formula is C18H14ClNOS. The van der Waals surface area contributed by atoms with Crippen molar-refractivity contribution in [1.82, 2.24) is 4.98 Å². The van der Waals surface area contributed by atoms with Crippen molar-refractivity contribution in [2.45, 2.75) is 13.8 Å². The standard InChI is InChI=1S/C18H14ClNOS/c1-11-4-3-5-13-10-14(18(19)20-17(11)13)7-8-15(21)16-9-6-12(2)22-16/h3-10H,1-2H3/b8-7+. The summed E-state index contributed by atoms with van der Waals surface area (Å²) in [6.45, 7) is 3.99. The van der Waals surface area contributed by atoms with Crippen LogP contribution in [0.15, 0.2) is 42.5 Å². The van der Waals surface area contributed by atoms with Gasteiger partial charge in [0.2, 0.25) is 0 Å². The van der Waals surface area contributed by atoms with E-state index in [2.05, 4.69) is 4.98 Å². The maximum Gasteiger partial charge on any atom is 0.195 e. The van der Waals surface area contributed by atoms with E-state index in [9.17, 15) is 4.79 Å². The molecule has 0 spiro atoms. The van der Waals surface area contributed by atoms with E-state index in [1.54, 1.807) is 12.2 Å². The molecule has 2 nitrogen and oxygen atoms in total. The number of carbonyl (C=O) groups is 1. The van der Waals surface area contributed by atoms with Crippen molar-refractivity contribution in [3.63, 3.8) is 0 Å². The summed E-state index contributed by atoms with van der Waals surface area (Å²) >= 11 is 7.73. The fourth-order valence-corrected chi connectivity index (χ4v) is 3.26. The van der Waals surface area contributed by atoms with E-state index in [4.69, 9.17) is 11.6 Å². The summed E-state index contributed by atoms with van der Waals surface area (Å²) in [4.78, 5) is 18.4. The average Bonchev–Trinajstić information content (AvgIpc) is 2.92. The van der Waals surface area contributed by atoms with Crippen molar-refractivity contribution in [2.24, 2.45) is 0 Å². The lowest BCUT2D eigenvalue weighted by Crippen LogP contribution is -1.91. The number of aromatic nitrogens is 1. The lowest BCUT2D eigenvalue weighted by atomic mass is 10.1. The van der Waals surface area contributed by atoms with E-state index in [0.717, 1.165) is 31.8 Å². The van der Waals surface area contributed by atoms with Crippen molar-refractivity contribution in [2.75, 3.05) is 0 Å². The van der Waals surface area contributed by atoms with Gasteiger partial charge in [-0.25, -0.2) is 4.98 Å². The number of allylic oxidation sites excluding steroid dienone is 1. The van der Waals surface area contributed by atoms with Gasteiger partial charge < -0.3 is 0 Å².